The van der Waals surface area contributed by atoms with Gasteiger partial charge in [-0.25, -0.2) is 4.98 Å². The number of rotatable bonds is 6. The molecule has 0 aliphatic carbocycles. The Kier molecular flexibility index (Phi) is 6.16. The molecular weight excluding hydrogens is 446 g/mol. The molecule has 4 aromatic rings. The number of oxazole rings is 1. The van der Waals surface area contributed by atoms with E-state index in [0.717, 1.165) is 41.1 Å². The number of halogens is 1. The number of hydrogen-bond donors (Lipinski definition) is 0. The molecule has 0 spiro atoms. The van der Waals surface area contributed by atoms with Crippen molar-refractivity contribution in [2.75, 3.05) is 31.2 Å². The van der Waals surface area contributed by atoms with Gasteiger partial charge in [-0.15, -0.1) is 10.2 Å². The normalized spacial score (nSPS) is 14.1. The quantitative estimate of drug-likeness (QED) is 0.369. The van der Waals surface area contributed by atoms with E-state index >= 15 is 0 Å². The molecule has 0 atom stereocenters. The van der Waals surface area contributed by atoms with Crippen LogP contribution in [0.5, 0.6) is 0 Å². The van der Waals surface area contributed by atoms with Gasteiger partial charge in [0.05, 0.1) is 24.6 Å². The summed E-state index contributed by atoms with van der Waals surface area (Å²) in [7, 11) is 0. The predicted octanol–water partition coefficient (Wildman–Crippen LogP) is 5.01. The van der Waals surface area contributed by atoms with Crippen LogP contribution in [0.25, 0.3) is 17.1 Å². The number of ether oxygens (including phenoxy) is 1. The number of aryl methyl sites for hydroxylation is 1. The number of thioether (sulfide) groups is 1. The van der Waals surface area contributed by atoms with Gasteiger partial charge >= 0.3 is 0 Å². The minimum atomic E-state index is 0.553. The third kappa shape index (κ3) is 4.53. The lowest BCUT2D eigenvalue weighted by molar-refractivity contribution is 0.122. The molecule has 1 saturated heterocycles. The Morgan fingerprint density at radius 2 is 1.88 bits per heavy atom. The van der Waals surface area contributed by atoms with Gasteiger partial charge in [0.25, 0.3) is 0 Å². The zero-order valence-corrected chi connectivity index (χ0v) is 19.1. The Hall–Kier alpha value is -2.81. The molecule has 3 heterocycles. The van der Waals surface area contributed by atoms with Gasteiger partial charge in [0.15, 0.2) is 5.16 Å². The van der Waals surface area contributed by atoms with E-state index < -0.39 is 0 Å². The van der Waals surface area contributed by atoms with Crippen LogP contribution in [-0.4, -0.2) is 46.1 Å². The van der Waals surface area contributed by atoms with Crippen LogP contribution in [0, 0.1) is 6.92 Å². The van der Waals surface area contributed by atoms with Gasteiger partial charge in [-0.3, -0.25) is 4.57 Å². The number of anilines is 1. The van der Waals surface area contributed by atoms with E-state index in [0.29, 0.717) is 29.9 Å². The average molecular weight is 468 g/mol. The standard InChI is InChI=1S/C23H22ClN5O2S/c1-16-5-7-20(8-6-16)29-22(28-9-11-30-12-10-28)26-27-23(29)32-15-19-14-31-21(25-19)17-3-2-4-18(24)13-17/h2-8,13-14H,9-12,15H2,1H3. The van der Waals surface area contributed by atoms with Gasteiger partial charge in [0, 0.05) is 29.4 Å². The molecule has 7 nitrogen and oxygen atoms in total. The summed E-state index contributed by atoms with van der Waals surface area (Å²) in [6.07, 6.45) is 1.68. The van der Waals surface area contributed by atoms with Gasteiger partial charge in [0.1, 0.15) is 6.26 Å². The zero-order chi connectivity index (χ0) is 21.9. The maximum atomic E-state index is 6.09. The SMILES string of the molecule is Cc1ccc(-n2c(SCc3coc(-c4cccc(Cl)c4)n3)nnc2N2CCOCC2)cc1. The Morgan fingerprint density at radius 3 is 2.66 bits per heavy atom. The third-order valence-electron chi connectivity index (χ3n) is 5.17. The number of nitrogens with zero attached hydrogens (tertiary/aromatic N) is 5. The van der Waals surface area contributed by atoms with E-state index in [4.69, 9.17) is 20.8 Å². The van der Waals surface area contributed by atoms with Crippen molar-refractivity contribution in [3.63, 3.8) is 0 Å². The summed E-state index contributed by atoms with van der Waals surface area (Å²) >= 11 is 7.67. The van der Waals surface area contributed by atoms with Crippen molar-refractivity contribution in [2.24, 2.45) is 0 Å². The minimum Gasteiger partial charge on any atom is -0.444 e. The summed E-state index contributed by atoms with van der Waals surface area (Å²) in [6.45, 7) is 5.04. The molecule has 5 rings (SSSR count). The highest BCUT2D eigenvalue weighted by molar-refractivity contribution is 7.98. The Morgan fingerprint density at radius 1 is 1.06 bits per heavy atom. The lowest BCUT2D eigenvalue weighted by Gasteiger charge is -2.27. The Labute approximate surface area is 195 Å². The molecular formula is C23H22ClN5O2S. The third-order valence-corrected chi connectivity index (χ3v) is 6.37. The predicted molar refractivity (Wildman–Crippen MR) is 126 cm³/mol. The van der Waals surface area contributed by atoms with Crippen LogP contribution in [0.3, 0.4) is 0 Å². The fourth-order valence-electron chi connectivity index (χ4n) is 3.51. The van der Waals surface area contributed by atoms with E-state index in [1.807, 2.05) is 24.3 Å². The molecule has 164 valence electrons. The second kappa shape index (κ2) is 9.36. The van der Waals surface area contributed by atoms with E-state index in [1.165, 1.54) is 5.56 Å². The van der Waals surface area contributed by atoms with Crippen molar-refractivity contribution in [3.05, 3.63) is 71.1 Å². The first kappa shape index (κ1) is 21.1. The van der Waals surface area contributed by atoms with Crippen molar-refractivity contribution < 1.29 is 9.15 Å². The van der Waals surface area contributed by atoms with Crippen molar-refractivity contribution >= 4 is 29.3 Å². The molecule has 2 aromatic carbocycles. The minimum absolute atomic E-state index is 0.553. The molecule has 1 fully saturated rings. The van der Waals surface area contributed by atoms with Crippen LogP contribution in [0.4, 0.5) is 5.95 Å². The molecule has 1 aliphatic heterocycles. The van der Waals surface area contributed by atoms with Gasteiger partial charge in [-0.2, -0.15) is 0 Å². The second-order valence-corrected chi connectivity index (χ2v) is 8.87. The van der Waals surface area contributed by atoms with Gasteiger partial charge in [0.2, 0.25) is 11.8 Å². The molecule has 0 saturated carbocycles. The number of morpholine rings is 1. The number of benzene rings is 2. The van der Waals surface area contributed by atoms with Crippen LogP contribution >= 0.6 is 23.4 Å². The molecule has 0 amide bonds. The Balaban J connectivity index is 1.40. The first-order valence-electron chi connectivity index (χ1n) is 10.4. The second-order valence-electron chi connectivity index (χ2n) is 7.50. The number of aromatic nitrogens is 4. The average Bonchev–Trinajstić information content (AvgIpc) is 3.46. The molecule has 32 heavy (non-hydrogen) atoms. The van der Waals surface area contributed by atoms with E-state index in [9.17, 15) is 0 Å². The monoisotopic (exact) mass is 467 g/mol. The summed E-state index contributed by atoms with van der Waals surface area (Å²) in [5.74, 6) is 1.99. The fourth-order valence-corrected chi connectivity index (χ4v) is 4.52. The summed E-state index contributed by atoms with van der Waals surface area (Å²) in [4.78, 5) is 6.83. The molecule has 0 unspecified atom stereocenters. The first-order chi connectivity index (χ1) is 15.7. The van der Waals surface area contributed by atoms with Crippen LogP contribution < -0.4 is 4.90 Å². The van der Waals surface area contributed by atoms with Crippen molar-refractivity contribution in [3.8, 4) is 17.1 Å². The summed E-state index contributed by atoms with van der Waals surface area (Å²) in [5, 5.41) is 10.5. The highest BCUT2D eigenvalue weighted by Crippen LogP contribution is 2.30. The highest BCUT2D eigenvalue weighted by atomic mass is 35.5. The smallest absolute Gasteiger partial charge is 0.232 e. The molecule has 1 aliphatic rings. The van der Waals surface area contributed by atoms with Crippen molar-refractivity contribution in [1.29, 1.82) is 0 Å². The van der Waals surface area contributed by atoms with Crippen LogP contribution in [-0.2, 0) is 10.5 Å². The lowest BCUT2D eigenvalue weighted by Crippen LogP contribution is -2.37. The summed E-state index contributed by atoms with van der Waals surface area (Å²) < 4.78 is 13.3. The lowest BCUT2D eigenvalue weighted by atomic mass is 10.2. The van der Waals surface area contributed by atoms with Gasteiger partial charge < -0.3 is 14.1 Å². The summed E-state index contributed by atoms with van der Waals surface area (Å²) in [5.41, 5.74) is 3.92. The van der Waals surface area contributed by atoms with Gasteiger partial charge in [-0.1, -0.05) is 47.1 Å². The number of hydrogen-bond acceptors (Lipinski definition) is 7. The fraction of sp³-hybridized carbons (Fsp3) is 0.261. The van der Waals surface area contributed by atoms with Crippen LogP contribution in [0.15, 0.2) is 64.4 Å². The van der Waals surface area contributed by atoms with Crippen LogP contribution in [0.1, 0.15) is 11.3 Å². The molecule has 0 radical (unpaired) electrons. The maximum Gasteiger partial charge on any atom is 0.232 e. The Bertz CT molecular complexity index is 1200. The van der Waals surface area contributed by atoms with Gasteiger partial charge in [-0.05, 0) is 37.3 Å². The first-order valence-corrected chi connectivity index (χ1v) is 11.7. The van der Waals surface area contributed by atoms with E-state index in [-0.39, 0.29) is 0 Å². The molecule has 2 aromatic heterocycles. The topological polar surface area (TPSA) is 69.2 Å². The van der Waals surface area contributed by atoms with Crippen LogP contribution in [0.2, 0.25) is 5.02 Å². The summed E-state index contributed by atoms with van der Waals surface area (Å²) in [6, 6.07) is 15.9. The zero-order valence-electron chi connectivity index (χ0n) is 17.6. The maximum absolute atomic E-state index is 6.09. The van der Waals surface area contributed by atoms with E-state index in [2.05, 4.69) is 55.8 Å². The largest absolute Gasteiger partial charge is 0.444 e. The van der Waals surface area contributed by atoms with E-state index in [1.54, 1.807) is 18.0 Å². The molecule has 9 heteroatoms. The van der Waals surface area contributed by atoms with Crippen molar-refractivity contribution in [1.82, 2.24) is 19.7 Å². The molecule has 0 bridgehead atoms. The highest BCUT2D eigenvalue weighted by Gasteiger charge is 2.22. The van der Waals surface area contributed by atoms with Crippen molar-refractivity contribution in [2.45, 2.75) is 17.8 Å². The molecule has 0 N–H and O–H groups in total.